The van der Waals surface area contributed by atoms with Crippen LogP contribution >= 0.6 is 11.6 Å². The lowest BCUT2D eigenvalue weighted by molar-refractivity contribution is -0.141. The van der Waals surface area contributed by atoms with Gasteiger partial charge in [-0.25, -0.2) is 9.52 Å². The predicted octanol–water partition coefficient (Wildman–Crippen LogP) is 4.91. The van der Waals surface area contributed by atoms with Gasteiger partial charge in [0.2, 0.25) is 0 Å². The summed E-state index contributed by atoms with van der Waals surface area (Å²) >= 11 is 6.16. The molecule has 0 aliphatic carbocycles. The number of benzene rings is 1. The molecule has 2 aromatic rings. The lowest BCUT2D eigenvalue weighted by Crippen LogP contribution is -2.35. The summed E-state index contributed by atoms with van der Waals surface area (Å²) in [7, 11) is -4.55. The number of carbonyl (C=O) groups is 1. The maximum Gasteiger partial charge on any atom is 0.435 e. The number of alkyl halides is 3. The maximum atomic E-state index is 12.6. The Labute approximate surface area is 177 Å². The first-order valence-electron chi connectivity index (χ1n) is 8.80. The second-order valence-electron chi connectivity index (χ2n) is 7.08. The molecule has 0 saturated heterocycles. The molecular formula is C18H20ClF3N4O3S. The van der Waals surface area contributed by atoms with Crippen molar-refractivity contribution >= 4 is 33.3 Å². The van der Waals surface area contributed by atoms with Crippen molar-refractivity contribution in [2.75, 3.05) is 5.32 Å². The van der Waals surface area contributed by atoms with E-state index in [-0.39, 0.29) is 11.8 Å². The van der Waals surface area contributed by atoms with Crippen LogP contribution in [0, 0.1) is 0 Å². The van der Waals surface area contributed by atoms with E-state index in [0.717, 1.165) is 0 Å². The number of halogens is 4. The molecule has 0 aliphatic heterocycles. The Morgan fingerprint density at radius 3 is 1.97 bits per heavy atom. The van der Waals surface area contributed by atoms with Gasteiger partial charge in [-0.15, -0.1) is 10.2 Å². The number of aromatic nitrogens is 2. The van der Waals surface area contributed by atoms with Gasteiger partial charge in [-0.2, -0.15) is 21.6 Å². The van der Waals surface area contributed by atoms with E-state index in [1.807, 2.05) is 27.7 Å². The molecule has 0 bridgehead atoms. The van der Waals surface area contributed by atoms with Gasteiger partial charge in [-0.05, 0) is 47.2 Å². The molecule has 0 atom stereocenters. The summed E-state index contributed by atoms with van der Waals surface area (Å²) in [5.74, 6) is -0.0669. The zero-order valence-electron chi connectivity index (χ0n) is 16.5. The molecule has 7 nitrogen and oxygen atoms in total. The Bertz CT molecular complexity index is 1010. The molecule has 1 aromatic heterocycles. The average Bonchev–Trinajstić information content (AvgIpc) is 2.61. The third-order valence-corrected chi connectivity index (χ3v) is 5.52. The number of carbonyl (C=O) groups excluding carboxylic acids is 1. The summed E-state index contributed by atoms with van der Waals surface area (Å²) in [6.45, 7) is 7.53. The molecule has 0 fully saturated rings. The second kappa shape index (κ2) is 8.76. The van der Waals surface area contributed by atoms with Gasteiger partial charge < -0.3 is 5.32 Å². The average molecular weight is 465 g/mol. The summed E-state index contributed by atoms with van der Waals surface area (Å²) in [6.07, 6.45) is -4.77. The van der Waals surface area contributed by atoms with Crippen LogP contribution in [-0.2, 0) is 16.2 Å². The lowest BCUT2D eigenvalue weighted by Gasteiger charge is -2.21. The molecule has 2 N–H and O–H groups in total. The fourth-order valence-electron chi connectivity index (χ4n) is 2.63. The monoisotopic (exact) mass is 464 g/mol. The molecule has 0 aliphatic rings. The van der Waals surface area contributed by atoms with Gasteiger partial charge in [0.1, 0.15) is 0 Å². The van der Waals surface area contributed by atoms with Crippen molar-refractivity contribution in [3.63, 3.8) is 0 Å². The van der Waals surface area contributed by atoms with Crippen LogP contribution in [0.15, 0.2) is 29.3 Å². The van der Waals surface area contributed by atoms with Crippen LogP contribution in [0.1, 0.15) is 56.4 Å². The number of hydrogen-bond acceptors (Lipinski definition) is 5. The fourth-order valence-corrected chi connectivity index (χ4v) is 3.66. The van der Waals surface area contributed by atoms with Crippen molar-refractivity contribution in [1.29, 1.82) is 0 Å². The lowest BCUT2D eigenvalue weighted by atomic mass is 9.92. The van der Waals surface area contributed by atoms with Crippen LogP contribution in [0.25, 0.3) is 0 Å². The quantitative estimate of drug-likeness (QED) is 0.655. The Morgan fingerprint density at radius 1 is 1.03 bits per heavy atom. The SMILES string of the molecule is CC(C)c1cc(Cl)cc(C(C)C)c1NC(=O)NS(=O)(=O)c1ccc(C(F)(F)F)nn1. The van der Waals surface area contributed by atoms with Crippen LogP contribution in [0.4, 0.5) is 23.7 Å². The normalized spacial score (nSPS) is 12.3. The summed E-state index contributed by atoms with van der Waals surface area (Å²) in [5, 5.41) is 8.08. The first-order chi connectivity index (χ1) is 13.7. The molecule has 2 amide bonds. The van der Waals surface area contributed by atoms with E-state index in [9.17, 15) is 26.4 Å². The Morgan fingerprint density at radius 2 is 1.57 bits per heavy atom. The second-order valence-corrected chi connectivity index (χ2v) is 9.15. The highest BCUT2D eigenvalue weighted by Gasteiger charge is 2.33. The standard InChI is InChI=1S/C18H20ClF3N4O3S/c1-9(2)12-7-11(19)8-13(10(3)4)16(12)23-17(27)26-30(28,29)15-6-5-14(24-25-15)18(20,21)22/h5-10H,1-4H3,(H2,23,26,27). The highest BCUT2D eigenvalue weighted by molar-refractivity contribution is 7.90. The zero-order chi connectivity index (χ0) is 22.9. The van der Waals surface area contributed by atoms with Crippen LogP contribution in [0.2, 0.25) is 5.02 Å². The highest BCUT2D eigenvalue weighted by atomic mass is 35.5. The highest BCUT2D eigenvalue weighted by Crippen LogP contribution is 2.35. The number of nitrogens with one attached hydrogen (secondary N) is 2. The van der Waals surface area contributed by atoms with Crippen LogP contribution in [0.5, 0.6) is 0 Å². The van der Waals surface area contributed by atoms with Gasteiger partial charge >= 0.3 is 12.2 Å². The predicted molar refractivity (Wildman–Crippen MR) is 106 cm³/mol. The summed E-state index contributed by atoms with van der Waals surface area (Å²) in [4.78, 5) is 12.4. The van der Waals surface area contributed by atoms with Crippen molar-refractivity contribution in [2.24, 2.45) is 0 Å². The largest absolute Gasteiger partial charge is 0.435 e. The number of sulfonamides is 1. The Kier molecular flexibility index (Phi) is 6.97. The number of hydrogen-bond donors (Lipinski definition) is 2. The third kappa shape index (κ3) is 5.60. The minimum atomic E-state index is -4.77. The van der Waals surface area contributed by atoms with E-state index in [4.69, 9.17) is 11.6 Å². The number of amides is 2. The Balaban J connectivity index is 2.31. The van der Waals surface area contributed by atoms with Crippen molar-refractivity contribution in [3.8, 4) is 0 Å². The van der Waals surface area contributed by atoms with E-state index in [1.54, 1.807) is 16.9 Å². The summed E-state index contributed by atoms with van der Waals surface area (Å²) in [6, 6.07) is 3.33. The minimum Gasteiger partial charge on any atom is -0.307 e. The van der Waals surface area contributed by atoms with Crippen molar-refractivity contribution in [1.82, 2.24) is 14.9 Å². The van der Waals surface area contributed by atoms with Gasteiger partial charge in [0.25, 0.3) is 10.0 Å². The molecule has 12 heteroatoms. The first kappa shape index (κ1) is 23.9. The molecule has 0 spiro atoms. The molecule has 1 aromatic carbocycles. The van der Waals surface area contributed by atoms with Crippen molar-refractivity contribution in [2.45, 2.75) is 50.7 Å². The van der Waals surface area contributed by atoms with Crippen LogP contribution < -0.4 is 10.0 Å². The van der Waals surface area contributed by atoms with Crippen LogP contribution in [-0.4, -0.2) is 24.6 Å². The zero-order valence-corrected chi connectivity index (χ0v) is 18.1. The van der Waals surface area contributed by atoms with E-state index < -0.39 is 33.0 Å². The smallest absolute Gasteiger partial charge is 0.307 e. The number of anilines is 1. The molecule has 0 saturated carbocycles. The molecule has 0 unspecified atom stereocenters. The van der Waals surface area contributed by atoms with E-state index in [0.29, 0.717) is 34.0 Å². The topological polar surface area (TPSA) is 101 Å². The minimum absolute atomic E-state index is 0.0334. The maximum absolute atomic E-state index is 12.6. The van der Waals surface area contributed by atoms with Gasteiger partial charge in [0.05, 0.1) is 0 Å². The molecule has 164 valence electrons. The molecule has 0 radical (unpaired) electrons. The van der Waals surface area contributed by atoms with Crippen LogP contribution in [0.3, 0.4) is 0 Å². The van der Waals surface area contributed by atoms with E-state index in [2.05, 4.69) is 15.5 Å². The first-order valence-corrected chi connectivity index (χ1v) is 10.7. The van der Waals surface area contributed by atoms with E-state index >= 15 is 0 Å². The van der Waals surface area contributed by atoms with Gasteiger partial charge in [-0.3, -0.25) is 0 Å². The van der Waals surface area contributed by atoms with Gasteiger partial charge in [-0.1, -0.05) is 39.3 Å². The third-order valence-electron chi connectivity index (χ3n) is 4.08. The summed E-state index contributed by atoms with van der Waals surface area (Å²) in [5.41, 5.74) is 0.465. The molecule has 30 heavy (non-hydrogen) atoms. The van der Waals surface area contributed by atoms with E-state index in [1.165, 1.54) is 0 Å². The Hall–Kier alpha value is -2.40. The number of rotatable bonds is 5. The number of urea groups is 1. The molecular weight excluding hydrogens is 445 g/mol. The molecule has 2 rings (SSSR count). The van der Waals surface area contributed by atoms with Gasteiger partial charge in [0.15, 0.2) is 10.7 Å². The number of nitrogens with zero attached hydrogens (tertiary/aromatic N) is 2. The van der Waals surface area contributed by atoms with Crippen molar-refractivity contribution < 1.29 is 26.4 Å². The molecule has 1 heterocycles. The summed E-state index contributed by atoms with van der Waals surface area (Å²) < 4.78 is 64.0. The van der Waals surface area contributed by atoms with Crippen molar-refractivity contribution in [3.05, 3.63) is 46.1 Å². The van der Waals surface area contributed by atoms with Gasteiger partial charge in [0, 0.05) is 10.7 Å². The fraction of sp³-hybridized carbons (Fsp3) is 0.389.